The Morgan fingerprint density at radius 2 is 1.11 bits per heavy atom. The van der Waals surface area contributed by atoms with Gasteiger partial charge < -0.3 is 9.30 Å². The standard InChI is InChI=1S/C44H27NO/c1-2-12-33(13-3-1)45-39-17-8-15-34(43(39)37-25-23-29-9-4-5-14-35(29)44(37)45)30-21-19-28(20-22-30)32-24-26-40-38(27-32)36-16-6-10-31-11-7-18-41(46-40)42(31)36/h1-27H. The molecule has 2 heteroatoms. The second-order valence-electron chi connectivity index (χ2n) is 12.1. The zero-order chi connectivity index (χ0) is 30.2. The first-order chi connectivity index (χ1) is 22.8. The normalized spacial score (nSPS) is 12.1. The number of hydrogen-bond donors (Lipinski definition) is 0. The highest BCUT2D eigenvalue weighted by Crippen LogP contribution is 2.48. The maximum Gasteiger partial charge on any atom is 0.135 e. The lowest BCUT2D eigenvalue weighted by molar-refractivity contribution is 0.487. The minimum atomic E-state index is 0.903. The third-order valence-electron chi connectivity index (χ3n) is 9.58. The molecule has 0 saturated heterocycles. The molecular weight excluding hydrogens is 558 g/mol. The summed E-state index contributed by atoms with van der Waals surface area (Å²) in [6, 6.07) is 59.0. The largest absolute Gasteiger partial charge is 0.456 e. The lowest BCUT2D eigenvalue weighted by atomic mass is 9.91. The average molecular weight is 586 g/mol. The molecule has 0 radical (unpaired) electrons. The fourth-order valence-corrected chi connectivity index (χ4v) is 7.50. The van der Waals surface area contributed by atoms with E-state index in [0.717, 1.165) is 17.1 Å². The van der Waals surface area contributed by atoms with Crippen molar-refractivity contribution < 1.29 is 4.74 Å². The molecule has 0 spiro atoms. The molecule has 214 valence electrons. The highest BCUT2D eigenvalue weighted by molar-refractivity contribution is 6.22. The van der Waals surface area contributed by atoms with Crippen LogP contribution in [0.5, 0.6) is 11.5 Å². The number of aromatic nitrogens is 1. The van der Waals surface area contributed by atoms with Gasteiger partial charge in [0.15, 0.2) is 0 Å². The van der Waals surface area contributed by atoms with Crippen molar-refractivity contribution in [3.63, 3.8) is 0 Å². The van der Waals surface area contributed by atoms with Gasteiger partial charge in [-0.25, -0.2) is 0 Å². The molecule has 8 aromatic carbocycles. The van der Waals surface area contributed by atoms with Crippen molar-refractivity contribution in [2.45, 2.75) is 0 Å². The molecule has 9 aromatic rings. The summed E-state index contributed by atoms with van der Waals surface area (Å²) in [5.74, 6) is 1.83. The van der Waals surface area contributed by atoms with Crippen molar-refractivity contribution >= 4 is 43.4 Å². The molecule has 1 aliphatic rings. The monoisotopic (exact) mass is 585 g/mol. The van der Waals surface area contributed by atoms with Crippen LogP contribution in [0.4, 0.5) is 0 Å². The van der Waals surface area contributed by atoms with Gasteiger partial charge in [-0.15, -0.1) is 0 Å². The van der Waals surface area contributed by atoms with E-state index in [-0.39, 0.29) is 0 Å². The second kappa shape index (κ2) is 9.69. The highest BCUT2D eigenvalue weighted by Gasteiger charge is 2.21. The van der Waals surface area contributed by atoms with Gasteiger partial charge in [0.25, 0.3) is 0 Å². The summed E-state index contributed by atoms with van der Waals surface area (Å²) in [6.07, 6.45) is 0. The topological polar surface area (TPSA) is 14.2 Å². The SMILES string of the molecule is c1ccc(-n2c3cccc(-c4ccc(-c5ccc6c(c5)-c5cccc7cccc(c57)O6)cc4)c3c3ccc4ccccc4c32)cc1. The Morgan fingerprint density at radius 3 is 2.00 bits per heavy atom. The van der Waals surface area contributed by atoms with E-state index in [2.05, 4.69) is 168 Å². The number of fused-ring (bicyclic) bond motifs is 7. The van der Waals surface area contributed by atoms with E-state index in [1.54, 1.807) is 0 Å². The fourth-order valence-electron chi connectivity index (χ4n) is 7.50. The molecule has 0 atom stereocenters. The molecule has 0 unspecified atom stereocenters. The van der Waals surface area contributed by atoms with E-state index in [1.807, 2.05) is 0 Å². The molecule has 1 aliphatic heterocycles. The zero-order valence-electron chi connectivity index (χ0n) is 24.9. The Hall–Kier alpha value is -6.12. The number of hydrogen-bond acceptors (Lipinski definition) is 1. The van der Waals surface area contributed by atoms with Crippen molar-refractivity contribution in [1.29, 1.82) is 0 Å². The maximum atomic E-state index is 6.35. The first-order valence-corrected chi connectivity index (χ1v) is 15.8. The predicted octanol–water partition coefficient (Wildman–Crippen LogP) is 12.2. The summed E-state index contributed by atoms with van der Waals surface area (Å²) in [6.45, 7) is 0. The Balaban J connectivity index is 1.13. The molecule has 2 heterocycles. The van der Waals surface area contributed by atoms with E-state index in [0.29, 0.717) is 0 Å². The summed E-state index contributed by atoms with van der Waals surface area (Å²) >= 11 is 0. The van der Waals surface area contributed by atoms with Gasteiger partial charge in [-0.05, 0) is 75.0 Å². The van der Waals surface area contributed by atoms with Crippen LogP contribution in [0.2, 0.25) is 0 Å². The summed E-state index contributed by atoms with van der Waals surface area (Å²) in [5.41, 5.74) is 10.8. The van der Waals surface area contributed by atoms with Crippen molar-refractivity contribution in [3.05, 3.63) is 164 Å². The molecule has 46 heavy (non-hydrogen) atoms. The van der Waals surface area contributed by atoms with Gasteiger partial charge in [0.05, 0.1) is 11.0 Å². The summed E-state index contributed by atoms with van der Waals surface area (Å²) in [4.78, 5) is 0. The minimum absolute atomic E-state index is 0.903. The molecule has 0 amide bonds. The maximum absolute atomic E-state index is 6.35. The quantitative estimate of drug-likeness (QED) is 0.201. The van der Waals surface area contributed by atoms with Crippen molar-refractivity contribution in [2.24, 2.45) is 0 Å². The van der Waals surface area contributed by atoms with Gasteiger partial charge in [0, 0.05) is 32.8 Å². The van der Waals surface area contributed by atoms with Crippen LogP contribution in [0, 0.1) is 0 Å². The summed E-state index contributed by atoms with van der Waals surface area (Å²) < 4.78 is 8.78. The average Bonchev–Trinajstić information content (AvgIpc) is 3.47. The molecule has 0 saturated carbocycles. The second-order valence-corrected chi connectivity index (χ2v) is 12.1. The van der Waals surface area contributed by atoms with Crippen LogP contribution in [0.25, 0.3) is 82.4 Å². The first-order valence-electron chi connectivity index (χ1n) is 15.8. The van der Waals surface area contributed by atoms with E-state index < -0.39 is 0 Å². The van der Waals surface area contributed by atoms with E-state index in [9.17, 15) is 0 Å². The van der Waals surface area contributed by atoms with Gasteiger partial charge >= 0.3 is 0 Å². The number of benzene rings is 8. The Bertz CT molecular complexity index is 2640. The van der Waals surface area contributed by atoms with Crippen LogP contribution in [0.1, 0.15) is 0 Å². The van der Waals surface area contributed by atoms with Gasteiger partial charge in [-0.3, -0.25) is 0 Å². The molecular formula is C44H27NO. The first kappa shape index (κ1) is 25.2. The summed E-state index contributed by atoms with van der Waals surface area (Å²) in [5, 5.41) is 7.43. The molecule has 0 bridgehead atoms. The predicted molar refractivity (Wildman–Crippen MR) is 192 cm³/mol. The molecule has 10 rings (SSSR count). The third kappa shape index (κ3) is 3.65. The Labute approximate surface area is 266 Å². The number of para-hydroxylation sites is 1. The number of ether oxygens (including phenoxy) is 1. The van der Waals surface area contributed by atoms with Crippen LogP contribution < -0.4 is 4.74 Å². The zero-order valence-corrected chi connectivity index (χ0v) is 24.9. The van der Waals surface area contributed by atoms with Crippen LogP contribution >= 0.6 is 0 Å². The van der Waals surface area contributed by atoms with Crippen LogP contribution in [0.3, 0.4) is 0 Å². The molecule has 2 nitrogen and oxygen atoms in total. The fraction of sp³-hybridized carbons (Fsp3) is 0. The lowest BCUT2D eigenvalue weighted by Crippen LogP contribution is -1.97. The Kier molecular flexibility index (Phi) is 5.31. The van der Waals surface area contributed by atoms with Gasteiger partial charge in [-0.1, -0.05) is 127 Å². The van der Waals surface area contributed by atoms with Crippen LogP contribution in [-0.4, -0.2) is 4.57 Å². The minimum Gasteiger partial charge on any atom is -0.456 e. The van der Waals surface area contributed by atoms with E-state index >= 15 is 0 Å². The molecule has 0 N–H and O–H groups in total. The van der Waals surface area contributed by atoms with Crippen molar-refractivity contribution in [2.75, 3.05) is 0 Å². The van der Waals surface area contributed by atoms with Gasteiger partial charge in [0.2, 0.25) is 0 Å². The highest BCUT2D eigenvalue weighted by atomic mass is 16.5. The lowest BCUT2D eigenvalue weighted by Gasteiger charge is -2.22. The molecule has 1 aromatic heterocycles. The van der Waals surface area contributed by atoms with Crippen LogP contribution in [0.15, 0.2) is 164 Å². The van der Waals surface area contributed by atoms with Crippen molar-refractivity contribution in [3.8, 4) is 50.6 Å². The van der Waals surface area contributed by atoms with Gasteiger partial charge in [-0.2, -0.15) is 0 Å². The third-order valence-corrected chi connectivity index (χ3v) is 9.58. The van der Waals surface area contributed by atoms with Crippen molar-refractivity contribution in [1.82, 2.24) is 4.57 Å². The molecule has 0 fully saturated rings. The van der Waals surface area contributed by atoms with E-state index in [4.69, 9.17) is 4.74 Å². The smallest absolute Gasteiger partial charge is 0.135 e. The molecule has 0 aliphatic carbocycles. The van der Waals surface area contributed by atoms with E-state index in [1.165, 1.54) is 76.9 Å². The Morgan fingerprint density at radius 1 is 0.391 bits per heavy atom. The summed E-state index contributed by atoms with van der Waals surface area (Å²) in [7, 11) is 0. The number of nitrogens with zero attached hydrogens (tertiary/aromatic N) is 1. The van der Waals surface area contributed by atoms with Crippen LogP contribution in [-0.2, 0) is 0 Å². The number of rotatable bonds is 3. The van der Waals surface area contributed by atoms with Gasteiger partial charge in [0.1, 0.15) is 11.5 Å².